The van der Waals surface area contributed by atoms with Gasteiger partial charge in [-0.3, -0.25) is 4.98 Å². The molecule has 3 heteroatoms. The van der Waals surface area contributed by atoms with Gasteiger partial charge in [0, 0.05) is 31.6 Å². The summed E-state index contributed by atoms with van der Waals surface area (Å²) in [4.78, 5) is 6.66. The molecule has 106 valence electrons. The molecule has 1 aromatic rings. The molecule has 0 aromatic carbocycles. The summed E-state index contributed by atoms with van der Waals surface area (Å²) in [5, 5.41) is 0. The van der Waals surface area contributed by atoms with Gasteiger partial charge in [-0.25, -0.2) is 0 Å². The highest BCUT2D eigenvalue weighted by Crippen LogP contribution is 2.29. The van der Waals surface area contributed by atoms with E-state index in [1.165, 1.54) is 12.0 Å². The summed E-state index contributed by atoms with van der Waals surface area (Å²) in [7, 11) is 2.21. The van der Waals surface area contributed by atoms with Crippen molar-refractivity contribution in [1.82, 2.24) is 9.88 Å². The maximum absolute atomic E-state index is 5.78. The Labute approximate surface area is 117 Å². The Kier molecular flexibility index (Phi) is 4.58. The van der Waals surface area contributed by atoms with Crippen molar-refractivity contribution in [3.05, 3.63) is 29.6 Å². The minimum Gasteiger partial charge on any atom is -0.376 e. The number of hydrogen-bond acceptors (Lipinski definition) is 3. The fraction of sp³-hybridized carbons (Fsp3) is 0.688. The van der Waals surface area contributed by atoms with E-state index in [-0.39, 0.29) is 5.60 Å². The van der Waals surface area contributed by atoms with Crippen LogP contribution in [0.1, 0.15) is 37.9 Å². The molecule has 0 aliphatic carbocycles. The number of nitrogens with zero attached hydrogens (tertiary/aromatic N) is 2. The van der Waals surface area contributed by atoms with Crippen LogP contribution < -0.4 is 0 Å². The first-order chi connectivity index (χ1) is 8.94. The molecule has 1 aromatic heterocycles. The lowest BCUT2D eigenvalue weighted by atomic mass is 9.88. The van der Waals surface area contributed by atoms with Gasteiger partial charge in [0.25, 0.3) is 0 Å². The summed E-state index contributed by atoms with van der Waals surface area (Å²) in [6.45, 7) is 9.50. The summed E-state index contributed by atoms with van der Waals surface area (Å²) < 4.78 is 5.78. The number of hydrogen-bond donors (Lipinski definition) is 0. The van der Waals surface area contributed by atoms with Crippen LogP contribution in [0.3, 0.4) is 0 Å². The summed E-state index contributed by atoms with van der Waals surface area (Å²) >= 11 is 0. The molecule has 1 unspecified atom stereocenters. The molecule has 1 fully saturated rings. The fourth-order valence-corrected chi connectivity index (χ4v) is 3.03. The van der Waals surface area contributed by atoms with Crippen LogP contribution in [-0.4, -0.2) is 35.7 Å². The second kappa shape index (κ2) is 6.02. The quantitative estimate of drug-likeness (QED) is 0.834. The lowest BCUT2D eigenvalue weighted by Gasteiger charge is -2.37. The van der Waals surface area contributed by atoms with Gasteiger partial charge in [0.1, 0.15) is 0 Å². The molecule has 0 saturated carbocycles. The number of aromatic nitrogens is 1. The van der Waals surface area contributed by atoms with E-state index in [1.807, 2.05) is 13.1 Å². The SMILES string of the molecule is Cc1cc(CN(C)CC2CCOC(C)(C)C2)ccn1. The Balaban J connectivity index is 1.85. The van der Waals surface area contributed by atoms with Gasteiger partial charge in [-0.15, -0.1) is 0 Å². The Morgan fingerprint density at radius 1 is 1.47 bits per heavy atom. The number of aryl methyl sites for hydroxylation is 1. The topological polar surface area (TPSA) is 25.4 Å². The fourth-order valence-electron chi connectivity index (χ4n) is 3.03. The molecule has 0 spiro atoms. The monoisotopic (exact) mass is 262 g/mol. The van der Waals surface area contributed by atoms with Crippen molar-refractivity contribution in [2.24, 2.45) is 5.92 Å². The van der Waals surface area contributed by atoms with Crippen LogP contribution >= 0.6 is 0 Å². The van der Waals surface area contributed by atoms with Crippen molar-refractivity contribution in [2.75, 3.05) is 20.2 Å². The van der Waals surface area contributed by atoms with E-state index in [2.05, 4.69) is 42.9 Å². The Hall–Kier alpha value is -0.930. The molecular formula is C16H26N2O. The summed E-state index contributed by atoms with van der Waals surface area (Å²) in [6, 6.07) is 4.28. The van der Waals surface area contributed by atoms with Gasteiger partial charge in [0.05, 0.1) is 5.60 Å². The second-order valence-electron chi connectivity index (χ2n) is 6.47. The normalized spacial score (nSPS) is 22.7. The molecule has 1 aliphatic rings. The molecule has 0 N–H and O–H groups in total. The molecule has 2 heterocycles. The summed E-state index contributed by atoms with van der Waals surface area (Å²) in [5.41, 5.74) is 2.50. The van der Waals surface area contributed by atoms with Crippen LogP contribution in [-0.2, 0) is 11.3 Å². The minimum atomic E-state index is 0.0526. The van der Waals surface area contributed by atoms with E-state index in [0.717, 1.165) is 37.7 Å². The highest BCUT2D eigenvalue weighted by atomic mass is 16.5. The van der Waals surface area contributed by atoms with Crippen molar-refractivity contribution >= 4 is 0 Å². The third-order valence-corrected chi connectivity index (χ3v) is 3.78. The zero-order valence-electron chi connectivity index (χ0n) is 12.6. The first kappa shape index (κ1) is 14.5. The van der Waals surface area contributed by atoms with Gasteiger partial charge in [-0.2, -0.15) is 0 Å². The van der Waals surface area contributed by atoms with Crippen LogP contribution in [0.15, 0.2) is 18.3 Å². The van der Waals surface area contributed by atoms with E-state index in [1.54, 1.807) is 0 Å². The molecule has 0 bridgehead atoms. The van der Waals surface area contributed by atoms with Crippen LogP contribution in [0.4, 0.5) is 0 Å². The van der Waals surface area contributed by atoms with Crippen LogP contribution in [0.5, 0.6) is 0 Å². The predicted octanol–water partition coefficient (Wildman–Crippen LogP) is 3.03. The summed E-state index contributed by atoms with van der Waals surface area (Å²) in [6.07, 6.45) is 4.24. The van der Waals surface area contributed by atoms with Gasteiger partial charge in [-0.05, 0) is 64.3 Å². The number of rotatable bonds is 4. The smallest absolute Gasteiger partial charge is 0.0629 e. The van der Waals surface area contributed by atoms with Crippen LogP contribution in [0.2, 0.25) is 0 Å². The first-order valence-corrected chi connectivity index (χ1v) is 7.19. The molecule has 1 saturated heterocycles. The zero-order chi connectivity index (χ0) is 13.9. The molecule has 2 rings (SSSR count). The van der Waals surface area contributed by atoms with Crippen molar-refractivity contribution in [3.8, 4) is 0 Å². The first-order valence-electron chi connectivity index (χ1n) is 7.19. The molecule has 3 nitrogen and oxygen atoms in total. The van der Waals surface area contributed by atoms with Crippen molar-refractivity contribution in [2.45, 2.75) is 45.8 Å². The molecule has 0 amide bonds. The summed E-state index contributed by atoms with van der Waals surface area (Å²) in [5.74, 6) is 0.747. The van der Waals surface area contributed by atoms with Gasteiger partial charge < -0.3 is 9.64 Å². The van der Waals surface area contributed by atoms with Crippen molar-refractivity contribution < 1.29 is 4.74 Å². The van der Waals surface area contributed by atoms with E-state index in [0.29, 0.717) is 0 Å². The third kappa shape index (κ3) is 4.59. The van der Waals surface area contributed by atoms with Crippen molar-refractivity contribution in [3.63, 3.8) is 0 Å². The average Bonchev–Trinajstić information content (AvgIpc) is 2.27. The molecule has 1 atom stereocenters. The Morgan fingerprint density at radius 3 is 2.95 bits per heavy atom. The predicted molar refractivity (Wildman–Crippen MR) is 78.1 cm³/mol. The van der Waals surface area contributed by atoms with E-state index < -0.39 is 0 Å². The van der Waals surface area contributed by atoms with Crippen LogP contribution in [0.25, 0.3) is 0 Å². The highest BCUT2D eigenvalue weighted by molar-refractivity contribution is 5.15. The standard InChI is InChI=1S/C16H26N2O/c1-13-9-14(5-7-17-13)11-18(4)12-15-6-8-19-16(2,3)10-15/h5,7,9,15H,6,8,10-12H2,1-4H3. The molecule has 0 radical (unpaired) electrons. The Morgan fingerprint density at radius 2 is 2.26 bits per heavy atom. The molecule has 19 heavy (non-hydrogen) atoms. The highest BCUT2D eigenvalue weighted by Gasteiger charge is 2.29. The molecular weight excluding hydrogens is 236 g/mol. The largest absolute Gasteiger partial charge is 0.376 e. The number of pyridine rings is 1. The average molecular weight is 262 g/mol. The van der Waals surface area contributed by atoms with Crippen LogP contribution in [0, 0.1) is 12.8 Å². The van der Waals surface area contributed by atoms with E-state index in [9.17, 15) is 0 Å². The minimum absolute atomic E-state index is 0.0526. The second-order valence-corrected chi connectivity index (χ2v) is 6.47. The van der Waals surface area contributed by atoms with E-state index >= 15 is 0 Å². The van der Waals surface area contributed by atoms with Gasteiger partial charge in [0.2, 0.25) is 0 Å². The van der Waals surface area contributed by atoms with Crippen molar-refractivity contribution in [1.29, 1.82) is 0 Å². The Bertz CT molecular complexity index is 417. The maximum atomic E-state index is 5.78. The van der Waals surface area contributed by atoms with E-state index in [4.69, 9.17) is 4.74 Å². The van der Waals surface area contributed by atoms with Gasteiger partial charge >= 0.3 is 0 Å². The zero-order valence-corrected chi connectivity index (χ0v) is 12.6. The van der Waals surface area contributed by atoms with Gasteiger partial charge in [-0.1, -0.05) is 0 Å². The number of ether oxygens (including phenoxy) is 1. The maximum Gasteiger partial charge on any atom is 0.0629 e. The molecule has 1 aliphatic heterocycles. The third-order valence-electron chi connectivity index (χ3n) is 3.78. The lowest BCUT2D eigenvalue weighted by molar-refractivity contribution is -0.0761. The lowest BCUT2D eigenvalue weighted by Crippen LogP contribution is -2.38. The van der Waals surface area contributed by atoms with Gasteiger partial charge in [0.15, 0.2) is 0 Å².